The minimum atomic E-state index is -0.281. The van der Waals surface area contributed by atoms with Gasteiger partial charge in [-0.25, -0.2) is 0 Å². The Bertz CT molecular complexity index is 314. The van der Waals surface area contributed by atoms with Crippen molar-refractivity contribution in [1.82, 2.24) is 10.2 Å². The molecule has 0 aliphatic carbocycles. The zero-order valence-corrected chi connectivity index (χ0v) is 13.0. The van der Waals surface area contributed by atoms with Crippen LogP contribution in [0.3, 0.4) is 0 Å². The third kappa shape index (κ3) is 5.90. The molecule has 0 radical (unpaired) electrons. The fourth-order valence-electron chi connectivity index (χ4n) is 2.39. The second kappa shape index (κ2) is 8.95. The van der Waals surface area contributed by atoms with Gasteiger partial charge in [0.05, 0.1) is 6.61 Å². The van der Waals surface area contributed by atoms with E-state index in [2.05, 4.69) is 12.2 Å². The fourth-order valence-corrected chi connectivity index (χ4v) is 2.39. The van der Waals surface area contributed by atoms with Gasteiger partial charge in [-0.1, -0.05) is 6.92 Å². The first-order valence-electron chi connectivity index (χ1n) is 7.72. The molecule has 5 heteroatoms. The van der Waals surface area contributed by atoms with Gasteiger partial charge in [-0.05, 0) is 45.6 Å². The van der Waals surface area contributed by atoms with Gasteiger partial charge in [0.2, 0.25) is 5.91 Å². The molecule has 1 fully saturated rings. The first kappa shape index (κ1) is 17.0. The van der Waals surface area contributed by atoms with E-state index in [1.807, 2.05) is 4.90 Å². The van der Waals surface area contributed by atoms with Gasteiger partial charge < -0.3 is 15.0 Å². The highest BCUT2D eigenvalue weighted by Gasteiger charge is 2.20. The molecule has 20 heavy (non-hydrogen) atoms. The molecule has 0 spiro atoms. The van der Waals surface area contributed by atoms with Crippen LogP contribution in [0.2, 0.25) is 0 Å². The van der Waals surface area contributed by atoms with Crippen LogP contribution >= 0.6 is 0 Å². The molecule has 1 heterocycles. The summed E-state index contributed by atoms with van der Waals surface area (Å²) in [6.45, 7) is 8.67. The third-order valence-electron chi connectivity index (χ3n) is 3.71. The molecular weight excluding hydrogens is 256 g/mol. The maximum atomic E-state index is 12.0. The minimum absolute atomic E-state index is 0.215. The number of nitrogens with zero attached hydrogens (tertiary/aromatic N) is 1. The molecule has 0 aromatic carbocycles. The van der Waals surface area contributed by atoms with E-state index in [0.717, 1.165) is 38.9 Å². The van der Waals surface area contributed by atoms with Crippen LogP contribution in [0.5, 0.6) is 0 Å². The van der Waals surface area contributed by atoms with E-state index in [1.165, 1.54) is 0 Å². The Morgan fingerprint density at radius 3 is 2.50 bits per heavy atom. The first-order valence-corrected chi connectivity index (χ1v) is 7.72. The highest BCUT2D eigenvalue weighted by atomic mass is 16.5. The Morgan fingerprint density at radius 1 is 1.25 bits per heavy atom. The van der Waals surface area contributed by atoms with Crippen molar-refractivity contribution >= 4 is 11.9 Å². The first-order chi connectivity index (χ1) is 9.54. The molecule has 1 rings (SSSR count). The van der Waals surface area contributed by atoms with Gasteiger partial charge in [-0.2, -0.15) is 0 Å². The number of amides is 1. The van der Waals surface area contributed by atoms with Crippen molar-refractivity contribution < 1.29 is 14.3 Å². The number of hydrogen-bond acceptors (Lipinski definition) is 4. The fraction of sp³-hybridized carbons (Fsp3) is 0.867. The quantitative estimate of drug-likeness (QED) is 0.687. The number of ether oxygens (including phenoxy) is 1. The molecule has 1 amide bonds. The predicted molar refractivity (Wildman–Crippen MR) is 78.3 cm³/mol. The Kier molecular flexibility index (Phi) is 7.59. The Balaban J connectivity index is 2.14. The van der Waals surface area contributed by atoms with Crippen LogP contribution in [-0.2, 0) is 14.3 Å². The summed E-state index contributed by atoms with van der Waals surface area (Å²) in [4.78, 5) is 25.4. The molecule has 0 aromatic rings. The van der Waals surface area contributed by atoms with Crippen molar-refractivity contribution in [3.63, 3.8) is 0 Å². The number of hydrogen-bond donors (Lipinski definition) is 1. The van der Waals surface area contributed by atoms with Gasteiger partial charge in [0.1, 0.15) is 6.04 Å². The van der Waals surface area contributed by atoms with E-state index in [0.29, 0.717) is 18.9 Å². The van der Waals surface area contributed by atoms with Gasteiger partial charge >= 0.3 is 5.97 Å². The largest absolute Gasteiger partial charge is 0.465 e. The van der Waals surface area contributed by atoms with Crippen LogP contribution in [0.15, 0.2) is 0 Å². The Morgan fingerprint density at radius 2 is 1.90 bits per heavy atom. The lowest BCUT2D eigenvalue weighted by atomic mass is 10.0. The van der Waals surface area contributed by atoms with Crippen LogP contribution in [0, 0.1) is 5.92 Å². The van der Waals surface area contributed by atoms with Crippen molar-refractivity contribution in [3.05, 3.63) is 0 Å². The zero-order chi connectivity index (χ0) is 15.0. The number of rotatable bonds is 8. The second-order valence-electron chi connectivity index (χ2n) is 5.61. The molecular formula is C15H28N2O3. The van der Waals surface area contributed by atoms with E-state index in [4.69, 9.17) is 4.74 Å². The summed E-state index contributed by atoms with van der Waals surface area (Å²) >= 11 is 0. The summed E-state index contributed by atoms with van der Waals surface area (Å²) in [7, 11) is 0. The van der Waals surface area contributed by atoms with Crippen molar-refractivity contribution in [2.45, 2.75) is 52.5 Å². The molecule has 0 bridgehead atoms. The van der Waals surface area contributed by atoms with Gasteiger partial charge in [0.15, 0.2) is 0 Å². The average Bonchev–Trinajstić information content (AvgIpc) is 2.92. The maximum Gasteiger partial charge on any atom is 0.322 e. The number of likely N-dealkylation sites (tertiary alicyclic amines) is 1. The number of esters is 1. The predicted octanol–water partition coefficient (Wildman–Crippen LogP) is 1.57. The van der Waals surface area contributed by atoms with E-state index in [1.54, 1.807) is 13.8 Å². The zero-order valence-electron chi connectivity index (χ0n) is 13.0. The summed E-state index contributed by atoms with van der Waals surface area (Å²) < 4.78 is 4.93. The lowest BCUT2D eigenvalue weighted by molar-refractivity contribution is -0.145. The molecule has 0 saturated carbocycles. The average molecular weight is 284 g/mol. The Hall–Kier alpha value is -1.10. The van der Waals surface area contributed by atoms with Gasteiger partial charge in [0.25, 0.3) is 0 Å². The second-order valence-corrected chi connectivity index (χ2v) is 5.61. The lowest BCUT2D eigenvalue weighted by Crippen LogP contribution is -2.36. The minimum Gasteiger partial charge on any atom is -0.465 e. The smallest absolute Gasteiger partial charge is 0.322 e. The standard InChI is InChI=1S/C15H28N2O3/c1-4-20-15(19)13(3)16-8-7-12(2)11-14(18)17-9-5-6-10-17/h12-13,16H,4-11H2,1-3H3/t12-,13+/m0/s1. The molecule has 116 valence electrons. The maximum absolute atomic E-state index is 12.0. The van der Waals surface area contributed by atoms with Crippen LogP contribution in [0.25, 0.3) is 0 Å². The van der Waals surface area contributed by atoms with Crippen molar-refractivity contribution in [2.75, 3.05) is 26.2 Å². The van der Waals surface area contributed by atoms with Crippen molar-refractivity contribution in [2.24, 2.45) is 5.92 Å². The molecule has 5 nitrogen and oxygen atoms in total. The van der Waals surface area contributed by atoms with Gasteiger partial charge in [0, 0.05) is 19.5 Å². The van der Waals surface area contributed by atoms with E-state index >= 15 is 0 Å². The monoisotopic (exact) mass is 284 g/mol. The van der Waals surface area contributed by atoms with E-state index in [9.17, 15) is 9.59 Å². The summed E-state index contributed by atoms with van der Waals surface area (Å²) in [5.41, 5.74) is 0. The topological polar surface area (TPSA) is 58.6 Å². The molecule has 1 saturated heterocycles. The lowest BCUT2D eigenvalue weighted by Gasteiger charge is -2.19. The number of nitrogens with one attached hydrogen (secondary N) is 1. The summed E-state index contributed by atoms with van der Waals surface area (Å²) in [6.07, 6.45) is 3.77. The molecule has 1 N–H and O–H groups in total. The molecule has 0 aromatic heterocycles. The Labute approximate surface area is 122 Å². The molecule has 2 atom stereocenters. The van der Waals surface area contributed by atoms with Crippen molar-refractivity contribution in [1.29, 1.82) is 0 Å². The van der Waals surface area contributed by atoms with Crippen LogP contribution in [-0.4, -0.2) is 49.1 Å². The summed E-state index contributed by atoms with van der Waals surface area (Å²) in [6, 6.07) is -0.281. The van der Waals surface area contributed by atoms with E-state index in [-0.39, 0.29) is 17.9 Å². The van der Waals surface area contributed by atoms with Crippen molar-refractivity contribution in [3.8, 4) is 0 Å². The summed E-state index contributed by atoms with van der Waals surface area (Å²) in [5, 5.41) is 3.14. The van der Waals surface area contributed by atoms with Crippen LogP contribution in [0.1, 0.15) is 46.5 Å². The normalized spacial score (nSPS) is 17.9. The SMILES string of the molecule is CCOC(=O)[C@@H](C)NCC[C@H](C)CC(=O)N1CCCC1. The summed E-state index contributed by atoms with van der Waals surface area (Å²) in [5.74, 6) is 0.395. The van der Waals surface area contributed by atoms with Crippen LogP contribution in [0.4, 0.5) is 0 Å². The van der Waals surface area contributed by atoms with Gasteiger partial charge in [-0.3, -0.25) is 9.59 Å². The van der Waals surface area contributed by atoms with E-state index < -0.39 is 0 Å². The highest BCUT2D eigenvalue weighted by Crippen LogP contribution is 2.14. The molecule has 1 aliphatic rings. The third-order valence-corrected chi connectivity index (χ3v) is 3.71. The van der Waals surface area contributed by atoms with Crippen LogP contribution < -0.4 is 5.32 Å². The number of carbonyl (C=O) groups is 2. The highest BCUT2D eigenvalue weighted by molar-refractivity contribution is 5.76. The molecule has 0 unspecified atom stereocenters. The number of carbonyl (C=O) groups excluding carboxylic acids is 2. The molecule has 1 aliphatic heterocycles. The van der Waals surface area contributed by atoms with Gasteiger partial charge in [-0.15, -0.1) is 0 Å².